The number of carbonyl (C=O) groups is 2. The molecule has 0 radical (unpaired) electrons. The Bertz CT molecular complexity index is 370. The van der Waals surface area contributed by atoms with Crippen LogP contribution in [0.1, 0.15) is 12.8 Å². The van der Waals surface area contributed by atoms with E-state index in [9.17, 15) is 9.59 Å². The van der Waals surface area contributed by atoms with Crippen LogP contribution in [-0.4, -0.2) is 26.9 Å². The molecule has 1 rings (SSSR count). The van der Waals surface area contributed by atoms with E-state index in [2.05, 4.69) is 48.8 Å². The summed E-state index contributed by atoms with van der Waals surface area (Å²) in [6.07, 6.45) is 1.32. The molecular formula is C10H12BrIN2O3. The number of pyridine rings is 1. The highest BCUT2D eigenvalue weighted by Crippen LogP contribution is 2.10. The molecule has 17 heavy (non-hydrogen) atoms. The molecule has 0 bridgehead atoms. The number of nitrogens with zero attached hydrogens (tertiary/aromatic N) is 1. The lowest BCUT2D eigenvalue weighted by atomic mass is 10.3. The Labute approximate surface area is 121 Å². The van der Waals surface area contributed by atoms with Crippen molar-refractivity contribution < 1.29 is 14.7 Å². The number of amides is 1. The molecule has 1 aromatic rings. The summed E-state index contributed by atoms with van der Waals surface area (Å²) in [6.45, 7) is 0. The third-order valence-corrected chi connectivity index (χ3v) is 2.03. The molecular weight excluding hydrogens is 403 g/mol. The zero-order valence-corrected chi connectivity index (χ0v) is 12.9. The van der Waals surface area contributed by atoms with E-state index in [-0.39, 0.29) is 18.7 Å². The summed E-state index contributed by atoms with van der Waals surface area (Å²) >= 11 is 5.36. The van der Waals surface area contributed by atoms with Crippen molar-refractivity contribution in [1.82, 2.24) is 4.98 Å². The van der Waals surface area contributed by atoms with Crippen LogP contribution in [0.2, 0.25) is 0 Å². The highest BCUT2D eigenvalue weighted by Gasteiger charge is 2.05. The van der Waals surface area contributed by atoms with Crippen LogP contribution in [-0.2, 0) is 9.59 Å². The van der Waals surface area contributed by atoms with Gasteiger partial charge in [0.2, 0.25) is 5.91 Å². The van der Waals surface area contributed by atoms with Crippen molar-refractivity contribution in [1.29, 1.82) is 0 Å². The normalized spacial score (nSPS) is 8.88. The number of hydrogen-bond donors (Lipinski definition) is 2. The monoisotopic (exact) mass is 414 g/mol. The minimum Gasteiger partial charge on any atom is -0.481 e. The van der Waals surface area contributed by atoms with Crippen LogP contribution in [0.15, 0.2) is 22.8 Å². The molecule has 0 aliphatic heterocycles. The molecule has 0 aliphatic rings. The van der Waals surface area contributed by atoms with Crippen molar-refractivity contribution >= 4 is 56.2 Å². The van der Waals surface area contributed by atoms with Crippen LogP contribution in [0.4, 0.5) is 5.82 Å². The molecule has 0 fully saturated rings. The van der Waals surface area contributed by atoms with Crippen molar-refractivity contribution in [2.24, 2.45) is 0 Å². The summed E-state index contributed by atoms with van der Waals surface area (Å²) < 4.78 is 0.811. The van der Waals surface area contributed by atoms with E-state index in [0.29, 0.717) is 5.82 Å². The fraction of sp³-hybridized carbons (Fsp3) is 0.300. The molecule has 94 valence electrons. The van der Waals surface area contributed by atoms with Crippen LogP contribution >= 0.6 is 38.5 Å². The number of carboxylic acid groups (broad SMARTS) is 1. The van der Waals surface area contributed by atoms with Gasteiger partial charge in [-0.1, -0.05) is 22.6 Å². The van der Waals surface area contributed by atoms with Gasteiger partial charge in [0.1, 0.15) is 5.82 Å². The maximum absolute atomic E-state index is 11.2. The lowest BCUT2D eigenvalue weighted by molar-refractivity contribution is -0.138. The van der Waals surface area contributed by atoms with E-state index < -0.39 is 5.97 Å². The largest absolute Gasteiger partial charge is 0.481 e. The first-order valence-corrected chi connectivity index (χ1v) is 7.54. The van der Waals surface area contributed by atoms with Gasteiger partial charge < -0.3 is 10.4 Å². The highest BCUT2D eigenvalue weighted by molar-refractivity contribution is 14.1. The van der Waals surface area contributed by atoms with Crippen LogP contribution in [0.3, 0.4) is 0 Å². The average Bonchev–Trinajstić information content (AvgIpc) is 2.32. The standard InChI is InChI=1S/C9H9BrN2O3.CH3I/c10-6-1-2-7(11-5-6)12-8(13)3-4-9(14)15;1-2/h1-2,5H,3-4H2,(H,14,15)(H,11,12,13);1H3. The molecule has 0 atom stereocenters. The van der Waals surface area contributed by atoms with Crippen molar-refractivity contribution in [2.45, 2.75) is 12.8 Å². The van der Waals surface area contributed by atoms with Crippen LogP contribution in [0, 0.1) is 0 Å². The number of carboxylic acids is 1. The highest BCUT2D eigenvalue weighted by atomic mass is 127. The first-order valence-electron chi connectivity index (χ1n) is 4.59. The first kappa shape index (κ1) is 16.3. The van der Waals surface area contributed by atoms with Crippen molar-refractivity contribution in [2.75, 3.05) is 10.2 Å². The summed E-state index contributed by atoms with van der Waals surface area (Å²) in [7, 11) is 0. The number of aliphatic carboxylic acids is 1. The number of alkyl halides is 1. The summed E-state index contributed by atoms with van der Waals surface area (Å²) in [5, 5.41) is 10.9. The summed E-state index contributed by atoms with van der Waals surface area (Å²) in [5.41, 5.74) is 0. The second-order valence-electron chi connectivity index (χ2n) is 2.80. The van der Waals surface area contributed by atoms with Gasteiger partial charge in [0.25, 0.3) is 0 Å². The molecule has 2 N–H and O–H groups in total. The third-order valence-electron chi connectivity index (χ3n) is 1.56. The first-order chi connectivity index (χ1) is 8.08. The molecule has 0 spiro atoms. The predicted octanol–water partition coefficient (Wildman–Crippen LogP) is 2.70. The lowest BCUT2D eigenvalue weighted by Crippen LogP contribution is -2.13. The number of hydrogen-bond acceptors (Lipinski definition) is 3. The van der Waals surface area contributed by atoms with Gasteiger partial charge >= 0.3 is 5.97 Å². The van der Waals surface area contributed by atoms with Crippen LogP contribution < -0.4 is 5.32 Å². The second kappa shape index (κ2) is 9.34. The molecule has 1 amide bonds. The number of nitrogens with one attached hydrogen (secondary N) is 1. The Morgan fingerprint density at radius 3 is 2.53 bits per heavy atom. The van der Waals surface area contributed by atoms with E-state index >= 15 is 0 Å². The zero-order chi connectivity index (χ0) is 13.3. The Hall–Kier alpha value is -0.700. The topological polar surface area (TPSA) is 79.3 Å². The van der Waals surface area contributed by atoms with Gasteiger partial charge in [0.15, 0.2) is 0 Å². The number of anilines is 1. The summed E-state index contributed by atoms with van der Waals surface area (Å²) in [5.74, 6) is -0.935. The van der Waals surface area contributed by atoms with Gasteiger partial charge in [-0.15, -0.1) is 0 Å². The van der Waals surface area contributed by atoms with E-state index in [1.807, 2.05) is 4.93 Å². The Balaban J connectivity index is 0.00000121. The third kappa shape index (κ3) is 8.08. The molecule has 0 aliphatic carbocycles. The van der Waals surface area contributed by atoms with Gasteiger partial charge in [0.05, 0.1) is 6.42 Å². The average molecular weight is 415 g/mol. The maximum atomic E-state index is 11.2. The van der Waals surface area contributed by atoms with Gasteiger partial charge in [-0.05, 0) is 33.0 Å². The fourth-order valence-corrected chi connectivity index (χ4v) is 1.11. The SMILES string of the molecule is CI.O=C(O)CCC(=O)Nc1ccc(Br)cn1. The van der Waals surface area contributed by atoms with E-state index in [1.54, 1.807) is 18.3 Å². The minimum absolute atomic E-state index is 0.0485. The molecule has 5 nitrogen and oxygen atoms in total. The molecule has 7 heteroatoms. The van der Waals surface area contributed by atoms with Gasteiger partial charge in [0, 0.05) is 17.1 Å². The molecule has 1 aromatic heterocycles. The van der Waals surface area contributed by atoms with Gasteiger partial charge in [-0.3, -0.25) is 9.59 Å². The Morgan fingerprint density at radius 1 is 1.41 bits per heavy atom. The van der Waals surface area contributed by atoms with E-state index in [0.717, 1.165) is 4.47 Å². The van der Waals surface area contributed by atoms with Crippen molar-refractivity contribution in [3.05, 3.63) is 22.8 Å². The molecule has 0 aromatic carbocycles. The quantitative estimate of drug-likeness (QED) is 0.586. The Morgan fingerprint density at radius 2 is 2.06 bits per heavy atom. The fourth-order valence-electron chi connectivity index (χ4n) is 0.876. The van der Waals surface area contributed by atoms with Crippen LogP contribution in [0.5, 0.6) is 0 Å². The Kier molecular flexibility index (Phi) is 8.96. The van der Waals surface area contributed by atoms with Crippen LogP contribution in [0.25, 0.3) is 0 Å². The molecule has 0 saturated heterocycles. The second-order valence-corrected chi connectivity index (χ2v) is 3.72. The van der Waals surface area contributed by atoms with Crippen molar-refractivity contribution in [3.63, 3.8) is 0 Å². The van der Waals surface area contributed by atoms with Gasteiger partial charge in [-0.2, -0.15) is 0 Å². The number of carbonyl (C=O) groups excluding carboxylic acids is 1. The van der Waals surface area contributed by atoms with Gasteiger partial charge in [-0.25, -0.2) is 4.98 Å². The number of halogens is 2. The minimum atomic E-state index is -0.992. The smallest absolute Gasteiger partial charge is 0.303 e. The number of aromatic nitrogens is 1. The number of rotatable bonds is 4. The maximum Gasteiger partial charge on any atom is 0.303 e. The molecule has 1 heterocycles. The summed E-state index contributed by atoms with van der Waals surface area (Å²) in [6, 6.07) is 3.36. The lowest BCUT2D eigenvalue weighted by Gasteiger charge is -2.02. The summed E-state index contributed by atoms with van der Waals surface area (Å²) in [4.78, 5) is 27.3. The van der Waals surface area contributed by atoms with E-state index in [1.165, 1.54) is 0 Å². The van der Waals surface area contributed by atoms with Crippen molar-refractivity contribution in [3.8, 4) is 0 Å². The van der Waals surface area contributed by atoms with E-state index in [4.69, 9.17) is 5.11 Å². The predicted molar refractivity (Wildman–Crippen MR) is 77.4 cm³/mol. The molecule has 0 unspecified atom stereocenters. The zero-order valence-electron chi connectivity index (χ0n) is 9.11. The molecule has 0 saturated carbocycles.